The highest BCUT2D eigenvalue weighted by Gasteiger charge is 2.24. The minimum atomic E-state index is -0.409. The van der Waals surface area contributed by atoms with Crippen molar-refractivity contribution in [1.82, 2.24) is 10.3 Å². The maximum Gasteiger partial charge on any atom is 0.0900 e. The van der Waals surface area contributed by atoms with Gasteiger partial charge < -0.3 is 15.2 Å². The lowest BCUT2D eigenvalue weighted by Gasteiger charge is -2.24. The molecule has 20 heavy (non-hydrogen) atoms. The van der Waals surface area contributed by atoms with E-state index in [1.54, 1.807) is 11.3 Å². The van der Waals surface area contributed by atoms with Crippen molar-refractivity contribution in [2.24, 2.45) is 5.92 Å². The van der Waals surface area contributed by atoms with Crippen LogP contribution in [0.5, 0.6) is 0 Å². The van der Waals surface area contributed by atoms with E-state index >= 15 is 0 Å². The van der Waals surface area contributed by atoms with Gasteiger partial charge in [-0.25, -0.2) is 4.98 Å². The van der Waals surface area contributed by atoms with Gasteiger partial charge in [0.15, 0.2) is 0 Å². The predicted molar refractivity (Wildman–Crippen MR) is 80.1 cm³/mol. The van der Waals surface area contributed by atoms with Gasteiger partial charge in [-0.3, -0.25) is 0 Å². The van der Waals surface area contributed by atoms with Gasteiger partial charge in [-0.1, -0.05) is 0 Å². The van der Waals surface area contributed by atoms with Gasteiger partial charge in [0.25, 0.3) is 0 Å². The van der Waals surface area contributed by atoms with Crippen LogP contribution in [0.4, 0.5) is 0 Å². The fourth-order valence-electron chi connectivity index (χ4n) is 2.73. The second-order valence-corrected chi connectivity index (χ2v) is 7.27. The van der Waals surface area contributed by atoms with Gasteiger partial charge in [-0.15, -0.1) is 11.3 Å². The molecule has 0 spiro atoms. The van der Waals surface area contributed by atoms with E-state index in [-0.39, 0.29) is 0 Å². The van der Waals surface area contributed by atoms with Crippen molar-refractivity contribution >= 4 is 11.3 Å². The zero-order valence-corrected chi connectivity index (χ0v) is 12.9. The molecule has 1 fully saturated rings. The third kappa shape index (κ3) is 3.79. The average Bonchev–Trinajstić information content (AvgIpc) is 3.16. The first kappa shape index (κ1) is 14.4. The Kier molecular flexibility index (Phi) is 4.71. The first-order valence-corrected chi connectivity index (χ1v) is 8.49. The van der Waals surface area contributed by atoms with Gasteiger partial charge in [0.05, 0.1) is 23.4 Å². The highest BCUT2D eigenvalue weighted by Crippen LogP contribution is 2.33. The summed E-state index contributed by atoms with van der Waals surface area (Å²) < 4.78 is 5.53. The van der Waals surface area contributed by atoms with E-state index < -0.39 is 6.10 Å². The lowest BCUT2D eigenvalue weighted by atomic mass is 9.98. The van der Waals surface area contributed by atoms with Crippen LogP contribution in [0.3, 0.4) is 0 Å². The van der Waals surface area contributed by atoms with Gasteiger partial charge in [-0.2, -0.15) is 0 Å². The summed E-state index contributed by atoms with van der Waals surface area (Å²) in [5.41, 5.74) is 1.26. The molecule has 0 radical (unpaired) electrons. The van der Waals surface area contributed by atoms with Crippen LogP contribution in [0.25, 0.3) is 0 Å². The number of nitrogens with zero attached hydrogens (tertiary/aromatic N) is 1. The number of hydrogen-bond acceptors (Lipinski definition) is 5. The van der Waals surface area contributed by atoms with Crippen LogP contribution in [0.15, 0.2) is 0 Å². The molecule has 4 nitrogen and oxygen atoms in total. The maximum atomic E-state index is 9.97. The van der Waals surface area contributed by atoms with E-state index in [1.165, 1.54) is 29.8 Å². The predicted octanol–water partition coefficient (Wildman–Crippen LogP) is 2.21. The van der Waals surface area contributed by atoms with E-state index in [0.29, 0.717) is 19.2 Å². The molecule has 2 aliphatic carbocycles. The fraction of sp³-hybridized carbons (Fsp3) is 0.800. The minimum absolute atomic E-state index is 0.364. The quantitative estimate of drug-likeness (QED) is 0.810. The summed E-state index contributed by atoms with van der Waals surface area (Å²) in [6, 6.07) is 0.364. The standard InChI is InChI=1S/C15H24N2O2S/c1-10-17-14-4-2-3-13(15(14)20-10)16-7-12(18)9-19-8-11-5-6-11/h11-13,16,18H,2-9H2,1H3. The molecule has 112 valence electrons. The summed E-state index contributed by atoms with van der Waals surface area (Å²) in [5, 5.41) is 14.6. The summed E-state index contributed by atoms with van der Waals surface area (Å²) in [7, 11) is 0. The molecular weight excluding hydrogens is 272 g/mol. The summed E-state index contributed by atoms with van der Waals surface area (Å²) in [5.74, 6) is 0.760. The lowest BCUT2D eigenvalue weighted by molar-refractivity contribution is 0.0310. The highest BCUT2D eigenvalue weighted by molar-refractivity contribution is 7.11. The zero-order valence-electron chi connectivity index (χ0n) is 12.1. The molecule has 1 aromatic heterocycles. The normalized spacial score (nSPS) is 23.6. The number of aromatic nitrogens is 1. The third-order valence-electron chi connectivity index (χ3n) is 4.02. The molecule has 2 N–H and O–H groups in total. The summed E-state index contributed by atoms with van der Waals surface area (Å²) in [6.45, 7) is 3.94. The lowest BCUT2D eigenvalue weighted by Crippen LogP contribution is -2.34. The van der Waals surface area contributed by atoms with Crippen LogP contribution >= 0.6 is 11.3 Å². The highest BCUT2D eigenvalue weighted by atomic mass is 32.1. The fourth-order valence-corrected chi connectivity index (χ4v) is 3.81. The molecule has 2 atom stereocenters. The topological polar surface area (TPSA) is 54.4 Å². The van der Waals surface area contributed by atoms with Gasteiger partial charge in [0.2, 0.25) is 0 Å². The molecule has 1 aromatic rings. The smallest absolute Gasteiger partial charge is 0.0900 e. The Hall–Kier alpha value is -0.490. The molecule has 5 heteroatoms. The van der Waals surface area contributed by atoms with Gasteiger partial charge in [-0.05, 0) is 44.9 Å². The molecule has 0 saturated heterocycles. The number of aryl methyl sites for hydroxylation is 2. The Balaban J connectivity index is 1.43. The molecule has 0 amide bonds. The molecule has 1 saturated carbocycles. The Bertz CT molecular complexity index is 445. The molecule has 2 unspecified atom stereocenters. The zero-order chi connectivity index (χ0) is 13.9. The summed E-state index contributed by atoms with van der Waals surface area (Å²) >= 11 is 1.79. The molecule has 0 bridgehead atoms. The first-order valence-electron chi connectivity index (χ1n) is 7.67. The number of thiazole rings is 1. The second-order valence-electron chi connectivity index (χ2n) is 6.03. The molecule has 2 aliphatic rings. The molecule has 1 heterocycles. The first-order chi connectivity index (χ1) is 9.72. The van der Waals surface area contributed by atoms with Crippen molar-refractivity contribution in [3.05, 3.63) is 15.6 Å². The van der Waals surface area contributed by atoms with Crippen molar-refractivity contribution in [1.29, 1.82) is 0 Å². The number of rotatable bonds is 7. The van der Waals surface area contributed by atoms with Crippen molar-refractivity contribution in [3.8, 4) is 0 Å². The van der Waals surface area contributed by atoms with E-state index in [9.17, 15) is 5.11 Å². The Morgan fingerprint density at radius 1 is 1.45 bits per heavy atom. The van der Waals surface area contributed by atoms with Crippen molar-refractivity contribution in [3.63, 3.8) is 0 Å². The third-order valence-corrected chi connectivity index (χ3v) is 5.14. The molecule has 0 aromatic carbocycles. The van der Waals surface area contributed by atoms with E-state index in [0.717, 1.165) is 30.4 Å². The Morgan fingerprint density at radius 2 is 2.30 bits per heavy atom. The van der Waals surface area contributed by atoms with Crippen LogP contribution in [-0.4, -0.2) is 36.0 Å². The van der Waals surface area contributed by atoms with Gasteiger partial charge in [0, 0.05) is 24.1 Å². The SMILES string of the molecule is Cc1nc2c(s1)C(NCC(O)COCC1CC1)CCC2. The molecular formula is C15H24N2O2S. The van der Waals surface area contributed by atoms with Gasteiger partial charge >= 0.3 is 0 Å². The number of hydrogen-bond donors (Lipinski definition) is 2. The Morgan fingerprint density at radius 3 is 3.10 bits per heavy atom. The monoisotopic (exact) mass is 296 g/mol. The van der Waals surface area contributed by atoms with Crippen molar-refractivity contribution < 1.29 is 9.84 Å². The number of ether oxygens (including phenoxy) is 1. The van der Waals surface area contributed by atoms with Crippen LogP contribution < -0.4 is 5.32 Å². The summed E-state index contributed by atoms with van der Waals surface area (Å²) in [4.78, 5) is 5.97. The molecule has 0 aliphatic heterocycles. The van der Waals surface area contributed by atoms with E-state index in [2.05, 4.69) is 17.2 Å². The van der Waals surface area contributed by atoms with Crippen LogP contribution in [0.2, 0.25) is 0 Å². The molecule has 3 rings (SSSR count). The van der Waals surface area contributed by atoms with Crippen LogP contribution in [-0.2, 0) is 11.2 Å². The van der Waals surface area contributed by atoms with Crippen molar-refractivity contribution in [2.75, 3.05) is 19.8 Å². The average molecular weight is 296 g/mol. The number of nitrogens with one attached hydrogen (secondary N) is 1. The second kappa shape index (κ2) is 6.52. The van der Waals surface area contributed by atoms with E-state index in [1.807, 2.05) is 0 Å². The van der Waals surface area contributed by atoms with Gasteiger partial charge in [0.1, 0.15) is 0 Å². The number of aliphatic hydroxyl groups excluding tert-OH is 1. The largest absolute Gasteiger partial charge is 0.389 e. The van der Waals surface area contributed by atoms with Crippen LogP contribution in [0.1, 0.15) is 47.3 Å². The van der Waals surface area contributed by atoms with Crippen molar-refractivity contribution in [2.45, 2.75) is 51.2 Å². The minimum Gasteiger partial charge on any atom is -0.389 e. The summed E-state index contributed by atoms with van der Waals surface area (Å²) in [6.07, 6.45) is 5.61. The Labute approximate surface area is 124 Å². The maximum absolute atomic E-state index is 9.97. The van der Waals surface area contributed by atoms with Crippen LogP contribution in [0, 0.1) is 12.8 Å². The van der Waals surface area contributed by atoms with E-state index in [4.69, 9.17) is 4.74 Å². The number of fused-ring (bicyclic) bond motifs is 1. The number of aliphatic hydroxyl groups is 1.